The normalized spacial score (nSPS) is 15.1. The Hall–Kier alpha value is -3.84. The summed E-state index contributed by atoms with van der Waals surface area (Å²) in [7, 11) is 0.809. The monoisotopic (exact) mass is 626 g/mol. The average Bonchev–Trinajstić information content (AvgIpc) is 3.70. The lowest BCUT2D eigenvalue weighted by molar-refractivity contribution is -0.275. The highest BCUT2D eigenvalue weighted by Gasteiger charge is 2.58. The van der Waals surface area contributed by atoms with E-state index < -0.39 is 48.8 Å². The maximum Gasteiger partial charge on any atom is 0.425 e. The molecule has 3 heterocycles. The maximum absolute atomic E-state index is 14.8. The van der Waals surface area contributed by atoms with Gasteiger partial charge >= 0.3 is 6.18 Å². The van der Waals surface area contributed by atoms with Gasteiger partial charge in [-0.25, -0.2) is 23.1 Å². The number of aromatic nitrogens is 3. The van der Waals surface area contributed by atoms with Crippen molar-refractivity contribution in [2.75, 3.05) is 20.3 Å². The average molecular weight is 627 g/mol. The third-order valence-corrected chi connectivity index (χ3v) is 7.41. The number of pyridine rings is 2. The first-order valence-electron chi connectivity index (χ1n) is 13.1. The molecule has 43 heavy (non-hydrogen) atoms. The van der Waals surface area contributed by atoms with Crippen molar-refractivity contribution in [1.29, 1.82) is 0 Å². The fourth-order valence-corrected chi connectivity index (χ4v) is 4.97. The van der Waals surface area contributed by atoms with Crippen LogP contribution in [0.1, 0.15) is 46.1 Å². The Morgan fingerprint density at radius 3 is 2.44 bits per heavy atom. The zero-order valence-electron chi connectivity index (χ0n) is 22.8. The van der Waals surface area contributed by atoms with Crippen LogP contribution in [0.25, 0.3) is 16.9 Å². The topological polar surface area (TPSA) is 77.8 Å². The van der Waals surface area contributed by atoms with E-state index in [4.69, 9.17) is 21.1 Å². The lowest BCUT2D eigenvalue weighted by Gasteiger charge is -2.34. The van der Waals surface area contributed by atoms with Crippen LogP contribution in [-0.4, -0.2) is 53.1 Å². The minimum absolute atomic E-state index is 0.0173. The van der Waals surface area contributed by atoms with E-state index in [0.29, 0.717) is 11.6 Å². The van der Waals surface area contributed by atoms with Crippen LogP contribution in [0.5, 0.6) is 5.75 Å². The predicted octanol–water partition coefficient (Wildman–Crippen LogP) is 6.85. The molecule has 0 bridgehead atoms. The van der Waals surface area contributed by atoms with Gasteiger partial charge in [0, 0.05) is 31.0 Å². The van der Waals surface area contributed by atoms with Crippen LogP contribution < -0.4 is 10.1 Å². The molecule has 0 saturated heterocycles. The third-order valence-electron chi connectivity index (χ3n) is 7.13. The van der Waals surface area contributed by atoms with E-state index in [1.165, 1.54) is 31.3 Å². The second-order valence-electron chi connectivity index (χ2n) is 10.2. The molecule has 0 radical (unpaired) electrons. The number of methoxy groups -OCH3 is 1. The van der Waals surface area contributed by atoms with Gasteiger partial charge in [0.05, 0.1) is 28.5 Å². The standard InChI is InChI=1S/C29H25ClF6N4O3/c1-15-9-22(39-24(25(15)43-13-23(32)33)17-5-7-19(31)8-6-17)28(42-2,29(34,35)36)14-37-27(41)18-10-20(30)26-38-21(16-3-4-16)12-40(26)11-18/h5-12,16,23H,3-4,13-14H2,1-2H3,(H,37,41). The number of carbonyl (C=O) groups excluding carboxylic acids is 1. The molecule has 1 unspecified atom stereocenters. The molecule has 1 atom stereocenters. The Labute approximate surface area is 246 Å². The summed E-state index contributed by atoms with van der Waals surface area (Å²) in [6, 6.07) is 6.83. The number of nitrogens with zero attached hydrogens (tertiary/aromatic N) is 3. The van der Waals surface area contributed by atoms with Crippen molar-refractivity contribution in [3.05, 3.63) is 82.1 Å². The molecule has 1 aliphatic carbocycles. The number of nitrogens with one attached hydrogen (secondary N) is 1. The first-order chi connectivity index (χ1) is 20.3. The highest BCUT2D eigenvalue weighted by Crippen LogP contribution is 2.44. The molecule has 0 aliphatic heterocycles. The van der Waals surface area contributed by atoms with Crippen LogP contribution in [0.4, 0.5) is 26.3 Å². The van der Waals surface area contributed by atoms with Crippen LogP contribution in [-0.2, 0) is 10.3 Å². The molecule has 1 fully saturated rings. The number of carbonyl (C=O) groups is 1. The third kappa shape index (κ3) is 6.14. The number of halogens is 7. The number of ether oxygens (including phenoxy) is 2. The lowest BCUT2D eigenvalue weighted by Crippen LogP contribution is -2.53. The number of rotatable bonds is 10. The molecule has 4 aromatic rings. The molecule has 0 spiro atoms. The smallest absolute Gasteiger partial charge is 0.425 e. The summed E-state index contributed by atoms with van der Waals surface area (Å²) in [6.45, 7) is -0.801. The van der Waals surface area contributed by atoms with Gasteiger partial charge in [0.1, 0.15) is 23.9 Å². The maximum atomic E-state index is 14.8. The summed E-state index contributed by atoms with van der Waals surface area (Å²) in [6.07, 6.45) is -2.87. The van der Waals surface area contributed by atoms with Gasteiger partial charge in [-0.2, -0.15) is 13.2 Å². The van der Waals surface area contributed by atoms with Gasteiger partial charge in [0.15, 0.2) is 5.65 Å². The van der Waals surface area contributed by atoms with Crippen molar-refractivity contribution < 1.29 is 40.6 Å². The fraction of sp³-hybridized carbons (Fsp3) is 0.345. The van der Waals surface area contributed by atoms with Gasteiger partial charge in [0.25, 0.3) is 12.3 Å². The fourth-order valence-electron chi connectivity index (χ4n) is 4.71. The van der Waals surface area contributed by atoms with Crippen LogP contribution in [0.3, 0.4) is 0 Å². The van der Waals surface area contributed by atoms with Crippen LogP contribution in [0.2, 0.25) is 5.02 Å². The van der Waals surface area contributed by atoms with Crippen molar-refractivity contribution in [3.63, 3.8) is 0 Å². The molecule has 5 rings (SSSR count). The van der Waals surface area contributed by atoms with E-state index in [-0.39, 0.29) is 33.2 Å². The van der Waals surface area contributed by atoms with E-state index in [1.54, 1.807) is 10.6 Å². The van der Waals surface area contributed by atoms with Gasteiger partial charge < -0.3 is 19.2 Å². The largest absolute Gasteiger partial charge is 0.485 e. The quantitative estimate of drug-likeness (QED) is 0.195. The molecule has 1 amide bonds. The second-order valence-corrected chi connectivity index (χ2v) is 10.6. The summed E-state index contributed by atoms with van der Waals surface area (Å²) >= 11 is 6.33. The first kappa shape index (κ1) is 30.6. The van der Waals surface area contributed by atoms with E-state index in [1.807, 2.05) is 0 Å². The first-order valence-corrected chi connectivity index (χ1v) is 13.5. The Kier molecular flexibility index (Phi) is 8.32. The minimum atomic E-state index is -5.12. The van der Waals surface area contributed by atoms with E-state index in [2.05, 4.69) is 15.3 Å². The minimum Gasteiger partial charge on any atom is -0.485 e. The van der Waals surface area contributed by atoms with Crippen LogP contribution >= 0.6 is 11.6 Å². The van der Waals surface area contributed by atoms with Gasteiger partial charge in [-0.1, -0.05) is 11.6 Å². The molecule has 1 aromatic carbocycles. The second kappa shape index (κ2) is 11.7. The number of alkyl halides is 5. The molecule has 3 aromatic heterocycles. The summed E-state index contributed by atoms with van der Waals surface area (Å²) in [5.74, 6) is -1.40. The van der Waals surface area contributed by atoms with Crippen LogP contribution in [0, 0.1) is 12.7 Å². The van der Waals surface area contributed by atoms with Crippen molar-refractivity contribution in [2.45, 2.75) is 43.9 Å². The Morgan fingerprint density at radius 1 is 1.14 bits per heavy atom. The molecule has 7 nitrogen and oxygen atoms in total. The SMILES string of the molecule is COC(CNC(=O)c1cc(Cl)c2nc(C3CC3)cn2c1)(c1cc(C)c(OCC(F)F)c(-c2ccc(F)cc2)n1)C(F)(F)F. The number of benzene rings is 1. The Morgan fingerprint density at radius 2 is 1.84 bits per heavy atom. The van der Waals surface area contributed by atoms with Crippen molar-refractivity contribution >= 4 is 23.2 Å². The Bertz CT molecular complexity index is 1660. The van der Waals surface area contributed by atoms with Gasteiger partial charge in [-0.05, 0) is 61.7 Å². The number of hydrogen-bond donors (Lipinski definition) is 1. The molecule has 1 aliphatic rings. The van der Waals surface area contributed by atoms with Crippen molar-refractivity contribution in [2.24, 2.45) is 0 Å². The number of fused-ring (bicyclic) bond motifs is 1. The van der Waals surface area contributed by atoms with Crippen molar-refractivity contribution in [1.82, 2.24) is 19.7 Å². The number of aryl methyl sites for hydroxylation is 1. The molecule has 228 valence electrons. The highest BCUT2D eigenvalue weighted by atomic mass is 35.5. The number of hydrogen-bond acceptors (Lipinski definition) is 5. The number of imidazole rings is 1. The van der Waals surface area contributed by atoms with Gasteiger partial charge in [0.2, 0.25) is 5.60 Å². The molecule has 1 N–H and O–H groups in total. The van der Waals surface area contributed by atoms with E-state index in [9.17, 15) is 31.1 Å². The van der Waals surface area contributed by atoms with E-state index in [0.717, 1.165) is 43.8 Å². The van der Waals surface area contributed by atoms with Gasteiger partial charge in [-0.3, -0.25) is 4.79 Å². The molecule has 1 saturated carbocycles. The molecular formula is C29H25ClF6N4O3. The molecule has 14 heteroatoms. The zero-order valence-corrected chi connectivity index (χ0v) is 23.6. The number of amides is 1. The van der Waals surface area contributed by atoms with Gasteiger partial charge in [-0.15, -0.1) is 0 Å². The summed E-state index contributed by atoms with van der Waals surface area (Å²) in [5.41, 5.74) is -2.73. The lowest BCUT2D eigenvalue weighted by atomic mass is 9.94. The predicted molar refractivity (Wildman–Crippen MR) is 145 cm³/mol. The zero-order chi connectivity index (χ0) is 31.1. The summed E-state index contributed by atoms with van der Waals surface area (Å²) in [5, 5.41) is 2.42. The molecular weight excluding hydrogens is 602 g/mol. The summed E-state index contributed by atoms with van der Waals surface area (Å²) < 4.78 is 95.8. The van der Waals surface area contributed by atoms with Crippen molar-refractivity contribution in [3.8, 4) is 17.0 Å². The highest BCUT2D eigenvalue weighted by molar-refractivity contribution is 6.33. The Balaban J connectivity index is 1.52. The van der Waals surface area contributed by atoms with E-state index >= 15 is 0 Å². The van der Waals surface area contributed by atoms with Crippen LogP contribution in [0.15, 0.2) is 48.8 Å². The summed E-state index contributed by atoms with van der Waals surface area (Å²) in [4.78, 5) is 21.7.